The maximum absolute atomic E-state index is 11.8. The number of hydrogen-bond donors (Lipinski definition) is 1. The largest absolute Gasteiger partial charge is 0.461 e. The van der Waals surface area contributed by atoms with E-state index in [0.717, 1.165) is 20.2 Å². The molecule has 0 saturated heterocycles. The average Bonchev–Trinajstić information content (AvgIpc) is 2.82. The van der Waals surface area contributed by atoms with Gasteiger partial charge in [-0.25, -0.2) is 9.78 Å². The summed E-state index contributed by atoms with van der Waals surface area (Å²) in [5.41, 5.74) is 3.90. The summed E-state index contributed by atoms with van der Waals surface area (Å²) in [6.07, 6.45) is 0. The number of thiazole rings is 1. The second kappa shape index (κ2) is 6.69. The Morgan fingerprint density at radius 2 is 2.05 bits per heavy atom. The maximum atomic E-state index is 11.8. The summed E-state index contributed by atoms with van der Waals surface area (Å²) in [4.78, 5) is 15.9. The molecule has 1 aromatic heterocycles. The minimum Gasteiger partial charge on any atom is -0.461 e. The fraction of sp³-hybridized carbons (Fsp3) is 0.231. The van der Waals surface area contributed by atoms with Crippen LogP contribution in [0, 0.1) is 6.92 Å². The molecule has 0 fully saturated rings. The Balaban J connectivity index is 2.32. The summed E-state index contributed by atoms with van der Waals surface area (Å²) in [5.74, 6) is -0.421. The van der Waals surface area contributed by atoms with Gasteiger partial charge in [-0.15, -0.1) is 11.3 Å². The topological polar surface area (TPSA) is 51.2 Å². The summed E-state index contributed by atoms with van der Waals surface area (Å²) in [5, 5.41) is 3.88. The Morgan fingerprint density at radius 1 is 1.40 bits per heavy atom. The van der Waals surface area contributed by atoms with Crippen molar-refractivity contribution < 1.29 is 9.53 Å². The van der Waals surface area contributed by atoms with Gasteiger partial charge in [0.2, 0.25) is 0 Å². The third-order valence-electron chi connectivity index (χ3n) is 2.46. The number of rotatable bonds is 4. The van der Waals surface area contributed by atoms with E-state index < -0.39 is 5.97 Å². The summed E-state index contributed by atoms with van der Waals surface area (Å²) in [7, 11) is 0. The predicted octanol–water partition coefficient (Wildman–Crippen LogP) is 4.90. The van der Waals surface area contributed by atoms with Crippen LogP contribution in [-0.2, 0) is 4.74 Å². The molecule has 1 heterocycles. The van der Waals surface area contributed by atoms with Crippen LogP contribution in [0.5, 0.6) is 0 Å². The smallest absolute Gasteiger partial charge is 0.360 e. The molecule has 0 radical (unpaired) electrons. The molecule has 0 unspecified atom stereocenters. The van der Waals surface area contributed by atoms with E-state index in [1.807, 2.05) is 19.1 Å². The van der Waals surface area contributed by atoms with Crippen molar-refractivity contribution in [3.63, 3.8) is 0 Å². The van der Waals surface area contributed by atoms with Crippen molar-refractivity contribution in [2.24, 2.45) is 0 Å². The van der Waals surface area contributed by atoms with Gasteiger partial charge in [0.05, 0.1) is 17.8 Å². The molecule has 4 nitrogen and oxygen atoms in total. The number of esters is 1. The fourth-order valence-corrected chi connectivity index (χ4v) is 3.90. The van der Waals surface area contributed by atoms with Crippen LogP contribution < -0.4 is 5.32 Å². The zero-order valence-electron chi connectivity index (χ0n) is 10.9. The number of halogens is 2. The van der Waals surface area contributed by atoms with Crippen molar-refractivity contribution in [1.82, 2.24) is 4.98 Å². The minimum absolute atomic E-state index is 0.302. The van der Waals surface area contributed by atoms with Crippen molar-refractivity contribution in [2.75, 3.05) is 11.9 Å². The molecule has 1 aromatic carbocycles. The molecule has 1 N–H and O–H groups in total. The molecule has 0 aliphatic heterocycles. The quantitative estimate of drug-likeness (QED) is 0.716. The molecule has 2 aromatic rings. The van der Waals surface area contributed by atoms with Crippen molar-refractivity contribution >= 4 is 59.9 Å². The molecule has 0 atom stereocenters. The van der Waals surface area contributed by atoms with Crippen LogP contribution in [0.3, 0.4) is 0 Å². The lowest BCUT2D eigenvalue weighted by molar-refractivity contribution is 0.0521. The lowest BCUT2D eigenvalue weighted by atomic mass is 10.2. The first-order valence-electron chi connectivity index (χ1n) is 5.86. The van der Waals surface area contributed by atoms with Crippen molar-refractivity contribution in [2.45, 2.75) is 13.8 Å². The number of ether oxygens (including phenoxy) is 1. The van der Waals surface area contributed by atoms with Gasteiger partial charge in [0, 0.05) is 8.95 Å². The second-order valence-corrected chi connectivity index (χ2v) is 6.54. The van der Waals surface area contributed by atoms with E-state index in [-0.39, 0.29) is 0 Å². The zero-order valence-corrected chi connectivity index (χ0v) is 14.9. The Hall–Kier alpha value is -0.920. The summed E-state index contributed by atoms with van der Waals surface area (Å²) < 4.78 is 6.81. The lowest BCUT2D eigenvalue weighted by Crippen LogP contribution is -2.07. The standard InChI is InChI=1S/C13H12Br2N2O2S/c1-3-19-13(18)11-12(20-6-16-11)17-10-8(14)4-7(2)5-9(10)15/h4-6,17H,3H2,1-2H3. The van der Waals surface area contributed by atoms with Crippen LogP contribution >= 0.6 is 43.2 Å². The highest BCUT2D eigenvalue weighted by Gasteiger charge is 2.18. The normalized spacial score (nSPS) is 10.4. The fourth-order valence-electron chi connectivity index (χ4n) is 1.61. The molecule has 7 heteroatoms. The Morgan fingerprint density at radius 3 is 2.65 bits per heavy atom. The third-order valence-corrected chi connectivity index (χ3v) is 4.45. The van der Waals surface area contributed by atoms with Crippen molar-refractivity contribution in [3.05, 3.63) is 37.8 Å². The number of hydrogen-bond acceptors (Lipinski definition) is 5. The highest BCUT2D eigenvalue weighted by molar-refractivity contribution is 9.11. The molecule has 0 aliphatic rings. The first-order valence-corrected chi connectivity index (χ1v) is 8.32. The highest BCUT2D eigenvalue weighted by Crippen LogP contribution is 2.36. The number of aryl methyl sites for hydroxylation is 1. The molecule has 20 heavy (non-hydrogen) atoms. The monoisotopic (exact) mass is 418 g/mol. The number of nitrogens with zero attached hydrogens (tertiary/aromatic N) is 1. The Bertz CT molecular complexity index is 620. The van der Waals surface area contributed by atoms with Gasteiger partial charge < -0.3 is 10.1 Å². The van der Waals surface area contributed by atoms with Crippen molar-refractivity contribution in [3.8, 4) is 0 Å². The van der Waals surface area contributed by atoms with E-state index >= 15 is 0 Å². The first kappa shape index (κ1) is 15.5. The predicted molar refractivity (Wildman–Crippen MR) is 87.9 cm³/mol. The van der Waals surface area contributed by atoms with Crippen molar-refractivity contribution in [1.29, 1.82) is 0 Å². The van der Waals surface area contributed by atoms with Crippen LogP contribution in [0.25, 0.3) is 0 Å². The lowest BCUT2D eigenvalue weighted by Gasteiger charge is -2.11. The van der Waals surface area contributed by atoms with Gasteiger partial charge in [-0.2, -0.15) is 0 Å². The van der Waals surface area contributed by atoms with E-state index in [9.17, 15) is 4.79 Å². The van der Waals surface area contributed by atoms with Crippen LogP contribution in [0.1, 0.15) is 23.0 Å². The molecule has 0 saturated carbocycles. The summed E-state index contributed by atoms with van der Waals surface area (Å²) in [6, 6.07) is 4.00. The molecule has 0 amide bonds. The number of anilines is 2. The molecule has 0 bridgehead atoms. The molecule has 106 valence electrons. The van der Waals surface area contributed by atoms with Gasteiger partial charge >= 0.3 is 5.97 Å². The van der Waals surface area contributed by atoms with Gasteiger partial charge in [-0.3, -0.25) is 0 Å². The van der Waals surface area contributed by atoms with Crippen LogP contribution in [0.15, 0.2) is 26.6 Å². The molecular formula is C13H12Br2N2O2S. The van der Waals surface area contributed by atoms with E-state index in [4.69, 9.17) is 4.74 Å². The summed E-state index contributed by atoms with van der Waals surface area (Å²) in [6.45, 7) is 4.11. The molecule has 0 aliphatic carbocycles. The van der Waals surface area contributed by atoms with E-state index in [2.05, 4.69) is 42.2 Å². The van der Waals surface area contributed by atoms with Crippen LogP contribution in [0.2, 0.25) is 0 Å². The van der Waals surface area contributed by atoms with Crippen LogP contribution in [0.4, 0.5) is 10.7 Å². The minimum atomic E-state index is -0.421. The van der Waals surface area contributed by atoms with Gasteiger partial charge in [-0.05, 0) is 63.4 Å². The van der Waals surface area contributed by atoms with Gasteiger partial charge in [0.25, 0.3) is 0 Å². The Labute approximate surface area is 137 Å². The van der Waals surface area contributed by atoms with Gasteiger partial charge in [-0.1, -0.05) is 0 Å². The second-order valence-electron chi connectivity index (χ2n) is 3.98. The first-order chi connectivity index (χ1) is 9.52. The average molecular weight is 420 g/mol. The highest BCUT2D eigenvalue weighted by atomic mass is 79.9. The molecule has 2 rings (SSSR count). The number of carbonyl (C=O) groups excluding carboxylic acids is 1. The number of nitrogens with one attached hydrogen (secondary N) is 1. The number of carbonyl (C=O) groups is 1. The van der Waals surface area contributed by atoms with Gasteiger partial charge in [0.15, 0.2) is 5.69 Å². The van der Waals surface area contributed by atoms with Gasteiger partial charge in [0.1, 0.15) is 5.00 Å². The molecule has 0 spiro atoms. The van der Waals surface area contributed by atoms with E-state index in [1.54, 1.807) is 12.4 Å². The maximum Gasteiger partial charge on any atom is 0.360 e. The summed E-state index contributed by atoms with van der Waals surface area (Å²) >= 11 is 8.38. The van der Waals surface area contributed by atoms with Crippen LogP contribution in [-0.4, -0.2) is 17.6 Å². The molecular weight excluding hydrogens is 408 g/mol. The zero-order chi connectivity index (χ0) is 14.7. The number of aromatic nitrogens is 1. The Kier molecular flexibility index (Phi) is 5.17. The number of benzene rings is 1. The SMILES string of the molecule is CCOC(=O)c1ncsc1Nc1c(Br)cc(C)cc1Br. The van der Waals surface area contributed by atoms with E-state index in [1.165, 1.54) is 11.3 Å². The third kappa shape index (κ3) is 3.39. The van der Waals surface area contributed by atoms with E-state index in [0.29, 0.717) is 17.3 Å².